The van der Waals surface area contributed by atoms with Crippen LogP contribution in [0.2, 0.25) is 0 Å². The number of nitrogens with zero attached hydrogens (tertiary/aromatic N) is 3. The van der Waals surface area contributed by atoms with Crippen molar-refractivity contribution in [2.24, 2.45) is 0 Å². The first-order chi connectivity index (χ1) is 31.7. The molecule has 13 aromatic rings. The lowest BCUT2D eigenvalue weighted by Crippen LogP contribution is -2.12. The summed E-state index contributed by atoms with van der Waals surface area (Å²) in [6.45, 7) is 13.1. The Morgan fingerprint density at radius 1 is 0.338 bits per heavy atom. The van der Waals surface area contributed by atoms with Gasteiger partial charge in [0.25, 0.3) is 0 Å². The predicted molar refractivity (Wildman–Crippen MR) is 273 cm³/mol. The van der Waals surface area contributed by atoms with Gasteiger partial charge in [-0.2, -0.15) is 0 Å². The Kier molecular flexibility index (Phi) is 7.93. The highest BCUT2D eigenvalue weighted by atomic mass is 16.3. The summed E-state index contributed by atoms with van der Waals surface area (Å²) >= 11 is 0. The van der Waals surface area contributed by atoms with Crippen LogP contribution in [0, 0.1) is 41.5 Å². The van der Waals surface area contributed by atoms with E-state index in [1.54, 1.807) is 0 Å². The summed E-state index contributed by atoms with van der Waals surface area (Å²) in [5.41, 5.74) is 20.5. The van der Waals surface area contributed by atoms with E-state index in [0.29, 0.717) is 0 Å². The normalized spacial score (nSPS) is 12.2. The zero-order chi connectivity index (χ0) is 43.8. The SMILES string of the molecule is Cc1ccc(N(c2cc(C)ccc2C)c2cc3c4ccccc4oc3c3c2c2cccc4c5c(N(c6ccc(C)cc6)c6cc(C)ccc6C)cc6c7ccccc7oc6c5n3c24)cc1. The molecular weight excluding hydrogens is 795 g/mol. The zero-order valence-electron chi connectivity index (χ0n) is 37.2. The molecule has 65 heavy (non-hydrogen) atoms. The molecular formula is C60H45N3O2. The first kappa shape index (κ1) is 37.5. The summed E-state index contributed by atoms with van der Waals surface area (Å²) in [6.07, 6.45) is 0. The van der Waals surface area contributed by atoms with Gasteiger partial charge in [-0.1, -0.05) is 114 Å². The number of aromatic nitrogens is 1. The molecule has 0 unspecified atom stereocenters. The van der Waals surface area contributed by atoms with E-state index in [4.69, 9.17) is 8.83 Å². The summed E-state index contributed by atoms with van der Waals surface area (Å²) in [7, 11) is 0. The number of furan rings is 2. The van der Waals surface area contributed by atoms with Gasteiger partial charge in [-0.3, -0.25) is 0 Å². The summed E-state index contributed by atoms with van der Waals surface area (Å²) in [5.74, 6) is 0. The maximum absolute atomic E-state index is 7.13. The summed E-state index contributed by atoms with van der Waals surface area (Å²) < 4.78 is 16.7. The van der Waals surface area contributed by atoms with Crippen molar-refractivity contribution in [3.8, 4) is 0 Å². The molecule has 0 atom stereocenters. The molecule has 5 nitrogen and oxygen atoms in total. The molecule has 0 bridgehead atoms. The number of benzene rings is 9. The fraction of sp³-hybridized carbons (Fsp3) is 0.100. The van der Waals surface area contributed by atoms with Gasteiger partial charge in [0.1, 0.15) is 22.2 Å². The van der Waals surface area contributed by atoms with E-state index in [-0.39, 0.29) is 0 Å². The van der Waals surface area contributed by atoms with E-state index in [1.165, 1.54) is 33.4 Å². The van der Waals surface area contributed by atoms with Crippen LogP contribution in [-0.4, -0.2) is 4.40 Å². The Hall–Kier alpha value is -8.02. The van der Waals surface area contributed by atoms with Gasteiger partial charge < -0.3 is 23.0 Å². The smallest absolute Gasteiger partial charge is 0.160 e. The third kappa shape index (κ3) is 5.39. The lowest BCUT2D eigenvalue weighted by molar-refractivity contribution is 0.670. The van der Waals surface area contributed by atoms with Crippen LogP contribution in [0.5, 0.6) is 0 Å². The van der Waals surface area contributed by atoms with Crippen LogP contribution in [0.25, 0.3) is 82.0 Å². The number of hydrogen-bond donors (Lipinski definition) is 0. The molecule has 4 aromatic heterocycles. The molecule has 0 saturated carbocycles. The average molecular weight is 840 g/mol. The first-order valence-electron chi connectivity index (χ1n) is 22.5. The summed E-state index contributed by atoms with van der Waals surface area (Å²) in [5, 5.41) is 8.83. The second kappa shape index (κ2) is 13.7. The molecule has 0 aliphatic heterocycles. The van der Waals surface area contributed by atoms with Crippen LogP contribution in [-0.2, 0) is 0 Å². The van der Waals surface area contributed by atoms with Gasteiger partial charge in [-0.15, -0.1) is 0 Å². The van der Waals surface area contributed by atoms with Gasteiger partial charge in [0, 0.05) is 65.8 Å². The Morgan fingerprint density at radius 2 is 0.738 bits per heavy atom. The molecule has 0 N–H and O–H groups in total. The third-order valence-corrected chi connectivity index (χ3v) is 13.8. The van der Waals surface area contributed by atoms with Crippen molar-refractivity contribution in [3.63, 3.8) is 0 Å². The average Bonchev–Trinajstić information content (AvgIpc) is 4.07. The van der Waals surface area contributed by atoms with Crippen molar-refractivity contribution in [2.45, 2.75) is 41.5 Å². The Balaban J connectivity index is 1.28. The molecule has 0 aliphatic carbocycles. The number of fused-ring (bicyclic) bond motifs is 14. The second-order valence-electron chi connectivity index (χ2n) is 18.1. The van der Waals surface area contributed by atoms with Crippen molar-refractivity contribution < 1.29 is 8.83 Å². The Bertz CT molecular complexity index is 3810. The highest BCUT2D eigenvalue weighted by Crippen LogP contribution is 2.54. The number of hydrogen-bond acceptors (Lipinski definition) is 4. The van der Waals surface area contributed by atoms with Gasteiger partial charge in [0.05, 0.1) is 16.9 Å². The van der Waals surface area contributed by atoms with Crippen LogP contribution in [0.1, 0.15) is 33.4 Å². The van der Waals surface area contributed by atoms with Crippen LogP contribution in [0.4, 0.5) is 34.1 Å². The lowest BCUT2D eigenvalue weighted by Gasteiger charge is -2.29. The fourth-order valence-electron chi connectivity index (χ4n) is 10.6. The van der Waals surface area contributed by atoms with Crippen LogP contribution < -0.4 is 9.80 Å². The molecule has 0 amide bonds. The van der Waals surface area contributed by atoms with Crippen molar-refractivity contribution >= 4 is 116 Å². The van der Waals surface area contributed by atoms with E-state index in [9.17, 15) is 0 Å². The van der Waals surface area contributed by atoms with Gasteiger partial charge in [0.15, 0.2) is 11.2 Å². The van der Waals surface area contributed by atoms with Crippen LogP contribution in [0.15, 0.2) is 173 Å². The Morgan fingerprint density at radius 3 is 1.18 bits per heavy atom. The van der Waals surface area contributed by atoms with Crippen LogP contribution >= 0.6 is 0 Å². The highest BCUT2D eigenvalue weighted by molar-refractivity contribution is 6.36. The minimum absolute atomic E-state index is 0.851. The number of anilines is 6. The van der Waals surface area contributed by atoms with E-state index in [2.05, 4.69) is 220 Å². The molecule has 0 aliphatic rings. The van der Waals surface area contributed by atoms with Crippen LogP contribution in [0.3, 0.4) is 0 Å². The standard InChI is InChI=1S/C60H45N3O2/c1-34-20-26-40(27-21-34)61(48-30-36(3)18-24-38(48)5)50-32-46-42-12-7-9-16-52(42)64-59(46)57-54(50)44-14-11-15-45-55-51(62(41-28-22-35(2)23-29-41)49-31-37(4)19-25-39(49)6)33-47-43-13-8-10-17-53(43)65-60(47)58(55)63(57)56(44)45/h7-33H,1-6H3. The second-order valence-corrected chi connectivity index (χ2v) is 18.1. The maximum Gasteiger partial charge on any atom is 0.160 e. The number of rotatable bonds is 6. The molecule has 0 spiro atoms. The van der Waals surface area contributed by atoms with E-state index >= 15 is 0 Å². The highest BCUT2D eigenvalue weighted by Gasteiger charge is 2.32. The monoisotopic (exact) mass is 839 g/mol. The van der Waals surface area contributed by atoms with Crippen molar-refractivity contribution in [3.05, 3.63) is 197 Å². The first-order valence-corrected chi connectivity index (χ1v) is 22.5. The minimum atomic E-state index is 0.851. The van der Waals surface area contributed by atoms with Gasteiger partial charge in [-0.05, 0) is 124 Å². The molecule has 9 aromatic carbocycles. The van der Waals surface area contributed by atoms with Crippen molar-refractivity contribution in [1.82, 2.24) is 4.40 Å². The predicted octanol–water partition coefficient (Wildman–Crippen LogP) is 17.4. The maximum atomic E-state index is 7.13. The van der Waals surface area contributed by atoms with E-state index in [1.807, 2.05) is 0 Å². The summed E-state index contributed by atoms with van der Waals surface area (Å²) in [4.78, 5) is 4.94. The zero-order valence-corrected chi connectivity index (χ0v) is 37.2. The summed E-state index contributed by atoms with van der Waals surface area (Å²) in [6, 6.07) is 59.9. The minimum Gasteiger partial charge on any atom is -0.454 e. The molecule has 312 valence electrons. The largest absolute Gasteiger partial charge is 0.454 e. The van der Waals surface area contributed by atoms with Crippen molar-refractivity contribution in [2.75, 3.05) is 9.80 Å². The van der Waals surface area contributed by atoms with Gasteiger partial charge in [0.2, 0.25) is 0 Å². The molecule has 4 heterocycles. The molecule has 0 fully saturated rings. The topological polar surface area (TPSA) is 37.2 Å². The number of para-hydroxylation sites is 3. The van der Waals surface area contributed by atoms with Gasteiger partial charge >= 0.3 is 0 Å². The quantitative estimate of drug-likeness (QED) is 0.167. The van der Waals surface area contributed by atoms with Gasteiger partial charge in [-0.25, -0.2) is 0 Å². The molecule has 0 radical (unpaired) electrons. The molecule has 0 saturated heterocycles. The Labute approximate surface area is 376 Å². The molecule has 5 heteroatoms. The molecule has 13 rings (SSSR count). The van der Waals surface area contributed by atoms with E-state index < -0.39 is 0 Å². The van der Waals surface area contributed by atoms with E-state index in [0.717, 1.165) is 116 Å². The van der Waals surface area contributed by atoms with Crippen molar-refractivity contribution in [1.29, 1.82) is 0 Å². The third-order valence-electron chi connectivity index (χ3n) is 13.8. The fourth-order valence-corrected chi connectivity index (χ4v) is 10.6. The number of aryl methyl sites for hydroxylation is 6. The lowest BCUT2D eigenvalue weighted by atomic mass is 9.99.